The Bertz CT molecular complexity index is 469. The van der Waals surface area contributed by atoms with E-state index >= 15 is 0 Å². The molecular weight excluding hydrogens is 180 g/mol. The second kappa shape index (κ2) is 2.87. The molecule has 2 aromatic heterocycles. The van der Waals surface area contributed by atoms with Crippen molar-refractivity contribution in [1.29, 1.82) is 0 Å². The van der Waals surface area contributed by atoms with E-state index in [1.54, 1.807) is 10.9 Å². The molecule has 0 saturated heterocycles. The molecule has 0 spiro atoms. The summed E-state index contributed by atoms with van der Waals surface area (Å²) in [7, 11) is 1.82. The van der Waals surface area contributed by atoms with Gasteiger partial charge in [-0.2, -0.15) is 5.10 Å². The van der Waals surface area contributed by atoms with Gasteiger partial charge in [-0.05, 0) is 13.8 Å². The number of nitrogens with zero attached hydrogens (tertiary/aromatic N) is 3. The van der Waals surface area contributed by atoms with Gasteiger partial charge in [0.2, 0.25) is 5.89 Å². The lowest BCUT2D eigenvalue weighted by molar-refractivity contribution is 0.535. The standard InChI is InChI=1S/C9H12N4O/c1-5-4-11-9(14-5)8-7(10)6(2)12-13(8)3/h4H,10H2,1-3H3. The molecule has 0 aliphatic rings. The van der Waals surface area contributed by atoms with Gasteiger partial charge in [-0.25, -0.2) is 4.98 Å². The Balaban J connectivity index is 2.61. The number of aromatic nitrogens is 3. The number of rotatable bonds is 1. The minimum Gasteiger partial charge on any atom is -0.440 e. The van der Waals surface area contributed by atoms with Gasteiger partial charge < -0.3 is 10.2 Å². The first-order valence-electron chi connectivity index (χ1n) is 4.31. The number of hydrogen-bond donors (Lipinski definition) is 1. The van der Waals surface area contributed by atoms with E-state index in [1.165, 1.54) is 0 Å². The first-order chi connectivity index (χ1) is 6.59. The van der Waals surface area contributed by atoms with Crippen LogP contribution < -0.4 is 5.73 Å². The number of oxazole rings is 1. The Labute approximate surface area is 81.5 Å². The Morgan fingerprint density at radius 3 is 2.57 bits per heavy atom. The Morgan fingerprint density at radius 1 is 1.43 bits per heavy atom. The summed E-state index contributed by atoms with van der Waals surface area (Å²) in [5, 5.41) is 4.19. The molecule has 14 heavy (non-hydrogen) atoms. The lowest BCUT2D eigenvalue weighted by Gasteiger charge is -1.96. The molecule has 2 rings (SSSR count). The zero-order chi connectivity index (χ0) is 10.3. The molecular formula is C9H12N4O. The number of nitrogen functional groups attached to an aromatic ring is 1. The molecule has 0 aliphatic heterocycles. The predicted molar refractivity (Wildman–Crippen MR) is 52.6 cm³/mol. The highest BCUT2D eigenvalue weighted by Gasteiger charge is 2.16. The molecule has 2 aromatic rings. The molecule has 2 N–H and O–H groups in total. The van der Waals surface area contributed by atoms with Crippen LogP contribution in [0.1, 0.15) is 11.5 Å². The van der Waals surface area contributed by atoms with Crippen LogP contribution >= 0.6 is 0 Å². The van der Waals surface area contributed by atoms with Crippen LogP contribution in [0.25, 0.3) is 11.6 Å². The lowest BCUT2D eigenvalue weighted by Crippen LogP contribution is -1.95. The molecule has 74 valence electrons. The van der Waals surface area contributed by atoms with Crippen molar-refractivity contribution in [1.82, 2.24) is 14.8 Å². The molecule has 0 bridgehead atoms. The lowest BCUT2D eigenvalue weighted by atomic mass is 10.3. The van der Waals surface area contributed by atoms with Crippen LogP contribution in [0.15, 0.2) is 10.6 Å². The van der Waals surface area contributed by atoms with Gasteiger partial charge in [0.1, 0.15) is 11.5 Å². The molecule has 2 heterocycles. The molecule has 0 aliphatic carbocycles. The van der Waals surface area contributed by atoms with Gasteiger partial charge in [-0.1, -0.05) is 0 Å². The van der Waals surface area contributed by atoms with Crippen molar-refractivity contribution >= 4 is 5.69 Å². The van der Waals surface area contributed by atoms with E-state index in [4.69, 9.17) is 10.2 Å². The van der Waals surface area contributed by atoms with Crippen molar-refractivity contribution in [3.8, 4) is 11.6 Å². The van der Waals surface area contributed by atoms with E-state index in [2.05, 4.69) is 10.1 Å². The number of hydrogen-bond acceptors (Lipinski definition) is 4. The molecule has 0 saturated carbocycles. The molecule has 0 radical (unpaired) electrons. The monoisotopic (exact) mass is 192 g/mol. The maximum Gasteiger partial charge on any atom is 0.247 e. The van der Waals surface area contributed by atoms with Crippen LogP contribution in [-0.2, 0) is 7.05 Å². The van der Waals surface area contributed by atoms with Gasteiger partial charge in [-0.3, -0.25) is 4.68 Å². The topological polar surface area (TPSA) is 69.9 Å². The van der Waals surface area contributed by atoms with Crippen molar-refractivity contribution < 1.29 is 4.42 Å². The van der Waals surface area contributed by atoms with E-state index in [1.807, 2.05) is 20.9 Å². The summed E-state index contributed by atoms with van der Waals surface area (Å²) >= 11 is 0. The summed E-state index contributed by atoms with van der Waals surface area (Å²) in [5.41, 5.74) is 8.00. The van der Waals surface area contributed by atoms with E-state index in [-0.39, 0.29) is 0 Å². The highest BCUT2D eigenvalue weighted by molar-refractivity contribution is 5.68. The van der Waals surface area contributed by atoms with Gasteiger partial charge in [0.25, 0.3) is 0 Å². The number of nitrogens with two attached hydrogens (primary N) is 1. The average Bonchev–Trinajstić information content (AvgIpc) is 2.60. The van der Waals surface area contributed by atoms with Gasteiger partial charge in [-0.15, -0.1) is 0 Å². The fourth-order valence-electron chi connectivity index (χ4n) is 1.39. The van der Waals surface area contributed by atoms with Crippen LogP contribution in [0, 0.1) is 13.8 Å². The van der Waals surface area contributed by atoms with Crippen LogP contribution in [0.5, 0.6) is 0 Å². The summed E-state index contributed by atoms with van der Waals surface area (Å²) in [6, 6.07) is 0. The SMILES string of the molecule is Cc1cnc(-c2c(N)c(C)nn2C)o1. The van der Waals surface area contributed by atoms with Crippen LogP contribution in [0.4, 0.5) is 5.69 Å². The minimum absolute atomic E-state index is 0.517. The van der Waals surface area contributed by atoms with Crippen molar-refractivity contribution in [3.05, 3.63) is 17.7 Å². The Hall–Kier alpha value is -1.78. The Morgan fingerprint density at radius 2 is 2.14 bits per heavy atom. The van der Waals surface area contributed by atoms with E-state index in [9.17, 15) is 0 Å². The van der Waals surface area contributed by atoms with Crippen molar-refractivity contribution in [3.63, 3.8) is 0 Å². The van der Waals surface area contributed by atoms with Gasteiger partial charge in [0.05, 0.1) is 17.6 Å². The van der Waals surface area contributed by atoms with E-state index in [0.717, 1.165) is 17.1 Å². The van der Waals surface area contributed by atoms with Crippen molar-refractivity contribution in [2.24, 2.45) is 7.05 Å². The number of anilines is 1. The summed E-state index contributed by atoms with van der Waals surface area (Å²) in [6.45, 7) is 3.70. The second-order valence-corrected chi connectivity index (χ2v) is 3.25. The minimum atomic E-state index is 0.517. The highest BCUT2D eigenvalue weighted by atomic mass is 16.4. The molecule has 5 nitrogen and oxygen atoms in total. The smallest absolute Gasteiger partial charge is 0.247 e. The van der Waals surface area contributed by atoms with Gasteiger partial charge >= 0.3 is 0 Å². The molecule has 0 amide bonds. The molecule has 0 unspecified atom stereocenters. The van der Waals surface area contributed by atoms with Gasteiger partial charge in [0.15, 0.2) is 0 Å². The van der Waals surface area contributed by atoms with E-state index in [0.29, 0.717) is 11.6 Å². The summed E-state index contributed by atoms with van der Waals surface area (Å²) in [4.78, 5) is 4.11. The molecule has 0 fully saturated rings. The number of aryl methyl sites for hydroxylation is 3. The zero-order valence-corrected chi connectivity index (χ0v) is 8.40. The van der Waals surface area contributed by atoms with Crippen LogP contribution in [0.3, 0.4) is 0 Å². The average molecular weight is 192 g/mol. The molecule has 0 aromatic carbocycles. The third-order valence-electron chi connectivity index (χ3n) is 2.09. The zero-order valence-electron chi connectivity index (χ0n) is 8.40. The predicted octanol–water partition coefficient (Wildman–Crippen LogP) is 1.27. The molecule has 0 atom stereocenters. The maximum atomic E-state index is 5.86. The van der Waals surface area contributed by atoms with Crippen LogP contribution in [-0.4, -0.2) is 14.8 Å². The highest BCUT2D eigenvalue weighted by Crippen LogP contribution is 2.26. The van der Waals surface area contributed by atoms with Gasteiger partial charge in [0, 0.05) is 7.05 Å². The Kier molecular flexibility index (Phi) is 1.80. The third kappa shape index (κ3) is 1.17. The van der Waals surface area contributed by atoms with Crippen molar-refractivity contribution in [2.45, 2.75) is 13.8 Å². The quantitative estimate of drug-likeness (QED) is 0.738. The summed E-state index contributed by atoms with van der Waals surface area (Å²) < 4.78 is 7.07. The largest absolute Gasteiger partial charge is 0.440 e. The fraction of sp³-hybridized carbons (Fsp3) is 0.333. The fourth-order valence-corrected chi connectivity index (χ4v) is 1.39. The van der Waals surface area contributed by atoms with Crippen LogP contribution in [0.2, 0.25) is 0 Å². The van der Waals surface area contributed by atoms with Crippen molar-refractivity contribution in [2.75, 3.05) is 5.73 Å². The maximum absolute atomic E-state index is 5.86. The first kappa shape index (κ1) is 8.80. The molecule has 5 heteroatoms. The van der Waals surface area contributed by atoms with E-state index < -0.39 is 0 Å². The summed E-state index contributed by atoms with van der Waals surface area (Å²) in [6.07, 6.45) is 1.66. The second-order valence-electron chi connectivity index (χ2n) is 3.25. The summed E-state index contributed by atoms with van der Waals surface area (Å²) in [5.74, 6) is 1.28. The third-order valence-corrected chi connectivity index (χ3v) is 2.09. The normalized spacial score (nSPS) is 10.8. The first-order valence-corrected chi connectivity index (χ1v) is 4.31.